The third-order valence-corrected chi connectivity index (χ3v) is 4.96. The Hall–Kier alpha value is -1.10. The second-order valence-electron chi connectivity index (χ2n) is 6.44. The van der Waals surface area contributed by atoms with E-state index in [0.29, 0.717) is 5.92 Å². The number of nitrogens with zero attached hydrogens (tertiary/aromatic N) is 2. The van der Waals surface area contributed by atoms with Crippen LogP contribution in [0.3, 0.4) is 0 Å². The smallest absolute Gasteiger partial charge is 0.223 e. The molecule has 1 aromatic carbocycles. The lowest BCUT2D eigenvalue weighted by molar-refractivity contribution is -0.122. The molecule has 4 nitrogen and oxygen atoms in total. The van der Waals surface area contributed by atoms with Crippen LogP contribution < -0.4 is 5.32 Å². The van der Waals surface area contributed by atoms with Crippen molar-refractivity contribution in [2.45, 2.75) is 12.3 Å². The highest BCUT2D eigenvalue weighted by Gasteiger charge is 2.43. The van der Waals surface area contributed by atoms with E-state index in [1.165, 1.54) is 5.56 Å². The summed E-state index contributed by atoms with van der Waals surface area (Å²) in [5.41, 5.74) is 1.19. The molecule has 1 heterocycles. The number of hydrogen-bond acceptors (Lipinski definition) is 3. The third-order valence-electron chi connectivity index (χ3n) is 4.73. The molecule has 120 valence electrons. The number of nitrogens with one attached hydrogen (secondary N) is 1. The Balaban J connectivity index is 1.39. The Morgan fingerprint density at radius 3 is 2.82 bits per heavy atom. The summed E-state index contributed by atoms with van der Waals surface area (Å²) in [6, 6.07) is 7.87. The summed E-state index contributed by atoms with van der Waals surface area (Å²) in [5.74, 6) is 0.674. The van der Waals surface area contributed by atoms with Gasteiger partial charge in [-0.2, -0.15) is 0 Å². The highest BCUT2D eigenvalue weighted by atomic mass is 35.5. The van der Waals surface area contributed by atoms with Gasteiger partial charge in [0, 0.05) is 50.2 Å². The Morgan fingerprint density at radius 1 is 1.32 bits per heavy atom. The summed E-state index contributed by atoms with van der Waals surface area (Å²) in [5, 5.41) is 3.84. The van der Waals surface area contributed by atoms with Gasteiger partial charge in [0.2, 0.25) is 5.91 Å². The molecule has 0 aromatic heterocycles. The summed E-state index contributed by atoms with van der Waals surface area (Å²) in [6.07, 6.45) is 0.945. The molecule has 0 spiro atoms. The number of carbonyl (C=O) groups is 1. The van der Waals surface area contributed by atoms with E-state index in [9.17, 15) is 4.79 Å². The van der Waals surface area contributed by atoms with Crippen molar-refractivity contribution in [1.29, 1.82) is 0 Å². The summed E-state index contributed by atoms with van der Waals surface area (Å²) in [4.78, 5) is 17.0. The van der Waals surface area contributed by atoms with Gasteiger partial charge in [-0.25, -0.2) is 0 Å². The van der Waals surface area contributed by atoms with Gasteiger partial charge in [0.15, 0.2) is 0 Å². The Kier molecular flexibility index (Phi) is 5.01. The number of rotatable bonds is 5. The summed E-state index contributed by atoms with van der Waals surface area (Å²) in [7, 11) is 2.15. The molecule has 0 unspecified atom stereocenters. The zero-order chi connectivity index (χ0) is 15.5. The largest absolute Gasteiger partial charge is 0.355 e. The first kappa shape index (κ1) is 15.8. The lowest BCUT2D eigenvalue weighted by Gasteiger charge is -2.32. The zero-order valence-electron chi connectivity index (χ0n) is 13.1. The number of carbonyl (C=O) groups excluding carboxylic acids is 1. The number of benzene rings is 1. The van der Waals surface area contributed by atoms with Gasteiger partial charge in [-0.1, -0.05) is 23.7 Å². The topological polar surface area (TPSA) is 35.6 Å². The molecule has 1 aliphatic carbocycles. The number of likely N-dealkylation sites (N-methyl/N-ethyl adjacent to an activating group) is 1. The molecular formula is C17H24ClN3O. The molecule has 1 saturated heterocycles. The average Bonchev–Trinajstić information content (AvgIpc) is 3.30. The minimum Gasteiger partial charge on any atom is -0.355 e. The second kappa shape index (κ2) is 6.99. The van der Waals surface area contributed by atoms with Crippen molar-refractivity contribution in [3.05, 3.63) is 34.9 Å². The van der Waals surface area contributed by atoms with E-state index >= 15 is 0 Å². The predicted molar refractivity (Wildman–Crippen MR) is 89.2 cm³/mol. The Labute approximate surface area is 137 Å². The molecule has 1 aliphatic heterocycles. The van der Waals surface area contributed by atoms with Crippen molar-refractivity contribution >= 4 is 17.5 Å². The zero-order valence-corrected chi connectivity index (χ0v) is 13.9. The van der Waals surface area contributed by atoms with Crippen LogP contribution in [0.15, 0.2) is 24.3 Å². The first-order chi connectivity index (χ1) is 10.6. The molecule has 2 fully saturated rings. The second-order valence-corrected chi connectivity index (χ2v) is 6.88. The minimum absolute atomic E-state index is 0.131. The summed E-state index contributed by atoms with van der Waals surface area (Å²) >= 11 is 6.01. The van der Waals surface area contributed by atoms with Crippen molar-refractivity contribution in [1.82, 2.24) is 15.1 Å². The fourth-order valence-electron chi connectivity index (χ4n) is 3.13. The molecule has 1 aromatic rings. The van der Waals surface area contributed by atoms with E-state index in [-0.39, 0.29) is 11.8 Å². The number of halogens is 1. The number of amides is 1. The van der Waals surface area contributed by atoms with Crippen LogP contribution in [-0.2, 0) is 4.79 Å². The summed E-state index contributed by atoms with van der Waals surface area (Å²) < 4.78 is 0. The van der Waals surface area contributed by atoms with Crippen LogP contribution in [0.2, 0.25) is 5.02 Å². The van der Waals surface area contributed by atoms with Gasteiger partial charge in [0.25, 0.3) is 0 Å². The van der Waals surface area contributed by atoms with Crippen LogP contribution in [0.4, 0.5) is 0 Å². The van der Waals surface area contributed by atoms with Crippen molar-refractivity contribution in [2.75, 3.05) is 46.3 Å². The van der Waals surface area contributed by atoms with E-state index in [0.717, 1.165) is 50.7 Å². The normalized spacial score (nSPS) is 25.9. The van der Waals surface area contributed by atoms with E-state index < -0.39 is 0 Å². The maximum Gasteiger partial charge on any atom is 0.223 e. The van der Waals surface area contributed by atoms with Crippen molar-refractivity contribution in [3.8, 4) is 0 Å². The lowest BCUT2D eigenvalue weighted by Crippen LogP contribution is -2.47. The van der Waals surface area contributed by atoms with Gasteiger partial charge in [0.1, 0.15) is 0 Å². The molecule has 2 atom stereocenters. The van der Waals surface area contributed by atoms with E-state index in [1.807, 2.05) is 18.2 Å². The van der Waals surface area contributed by atoms with Gasteiger partial charge in [-0.05, 0) is 37.1 Å². The maximum absolute atomic E-state index is 12.2. The fraction of sp³-hybridized carbons (Fsp3) is 0.588. The van der Waals surface area contributed by atoms with Crippen molar-refractivity contribution < 1.29 is 4.79 Å². The van der Waals surface area contributed by atoms with Gasteiger partial charge < -0.3 is 10.2 Å². The SMILES string of the molecule is CN1CCN(CCNC(=O)[C@@H]2C[C@H]2c2cccc(Cl)c2)CC1. The van der Waals surface area contributed by atoms with Crippen LogP contribution in [0.5, 0.6) is 0 Å². The molecule has 22 heavy (non-hydrogen) atoms. The first-order valence-corrected chi connectivity index (χ1v) is 8.45. The van der Waals surface area contributed by atoms with Crippen LogP contribution >= 0.6 is 11.6 Å². The monoisotopic (exact) mass is 321 g/mol. The standard InChI is InChI=1S/C17H24ClN3O/c1-20-7-9-21(10-8-20)6-5-19-17(22)16-12-15(16)13-3-2-4-14(18)11-13/h2-4,11,15-16H,5-10,12H2,1H3,(H,19,22)/t15-,16+/m0/s1. The molecule has 1 saturated carbocycles. The number of hydrogen-bond donors (Lipinski definition) is 1. The Morgan fingerprint density at radius 2 is 2.09 bits per heavy atom. The van der Waals surface area contributed by atoms with Gasteiger partial charge in [0.05, 0.1) is 0 Å². The first-order valence-electron chi connectivity index (χ1n) is 8.07. The highest BCUT2D eigenvalue weighted by Crippen LogP contribution is 2.47. The molecule has 1 N–H and O–H groups in total. The summed E-state index contributed by atoms with van der Waals surface area (Å²) in [6.45, 7) is 6.14. The number of piperazine rings is 1. The fourth-order valence-corrected chi connectivity index (χ4v) is 3.33. The van der Waals surface area contributed by atoms with Crippen molar-refractivity contribution in [2.24, 2.45) is 5.92 Å². The quantitative estimate of drug-likeness (QED) is 0.898. The van der Waals surface area contributed by atoms with Crippen molar-refractivity contribution in [3.63, 3.8) is 0 Å². The Bertz CT molecular complexity index is 528. The molecule has 1 amide bonds. The molecule has 2 aliphatic rings. The van der Waals surface area contributed by atoms with Gasteiger partial charge in [-0.3, -0.25) is 9.69 Å². The molecule has 3 rings (SSSR count). The van der Waals surface area contributed by atoms with E-state index in [4.69, 9.17) is 11.6 Å². The van der Waals surface area contributed by atoms with Crippen LogP contribution in [0, 0.1) is 5.92 Å². The van der Waals surface area contributed by atoms with E-state index in [1.54, 1.807) is 0 Å². The molecule has 0 radical (unpaired) electrons. The molecule has 5 heteroatoms. The molecule has 0 bridgehead atoms. The van der Waals surface area contributed by atoms with Crippen LogP contribution in [0.25, 0.3) is 0 Å². The van der Waals surface area contributed by atoms with Gasteiger partial charge in [-0.15, -0.1) is 0 Å². The predicted octanol–water partition coefficient (Wildman–Crippen LogP) is 1.81. The van der Waals surface area contributed by atoms with E-state index in [2.05, 4.69) is 28.2 Å². The highest BCUT2D eigenvalue weighted by molar-refractivity contribution is 6.30. The van der Waals surface area contributed by atoms with Gasteiger partial charge >= 0.3 is 0 Å². The van der Waals surface area contributed by atoms with Crippen LogP contribution in [-0.4, -0.2) is 62.0 Å². The molecular weight excluding hydrogens is 298 g/mol. The minimum atomic E-state index is 0.131. The third kappa shape index (κ3) is 4.00. The lowest BCUT2D eigenvalue weighted by atomic mass is 10.1. The maximum atomic E-state index is 12.2. The average molecular weight is 322 g/mol. The van der Waals surface area contributed by atoms with Crippen LogP contribution in [0.1, 0.15) is 17.9 Å².